The highest BCUT2D eigenvalue weighted by Gasteiger charge is 2.30. The Labute approximate surface area is 97.6 Å². The van der Waals surface area contributed by atoms with Gasteiger partial charge in [0.2, 0.25) is 0 Å². The first-order valence-electron chi connectivity index (χ1n) is 5.25. The summed E-state index contributed by atoms with van der Waals surface area (Å²) in [5.41, 5.74) is 0.389. The van der Waals surface area contributed by atoms with Crippen molar-refractivity contribution in [3.63, 3.8) is 0 Å². The van der Waals surface area contributed by atoms with Gasteiger partial charge < -0.3 is 10.0 Å². The molecule has 0 radical (unpaired) electrons. The van der Waals surface area contributed by atoms with Crippen LogP contribution in [0.2, 0.25) is 0 Å². The second-order valence-corrected chi connectivity index (χ2v) is 4.11. The van der Waals surface area contributed by atoms with E-state index in [4.69, 9.17) is 5.11 Å². The highest BCUT2D eigenvalue weighted by Crippen LogP contribution is 2.36. The first-order valence-corrected chi connectivity index (χ1v) is 5.25. The van der Waals surface area contributed by atoms with Crippen LogP contribution in [0.25, 0.3) is 0 Å². The van der Waals surface area contributed by atoms with Crippen molar-refractivity contribution in [1.82, 2.24) is 0 Å². The molecule has 0 unspecified atom stereocenters. The zero-order chi connectivity index (χ0) is 12.6. The molecule has 1 fully saturated rings. The lowest BCUT2D eigenvalue weighted by Gasteiger charge is -2.18. The van der Waals surface area contributed by atoms with Crippen LogP contribution in [-0.4, -0.2) is 29.1 Å². The van der Waals surface area contributed by atoms with Gasteiger partial charge in [-0.1, -0.05) is 0 Å². The Morgan fingerprint density at radius 3 is 2.65 bits per heavy atom. The molecule has 6 nitrogen and oxygen atoms in total. The molecule has 0 aromatic heterocycles. The minimum atomic E-state index is -1.08. The quantitative estimate of drug-likeness (QED) is 0.637. The predicted molar refractivity (Wildman–Crippen MR) is 61.5 cm³/mol. The number of nitro benzene ring substituents is 1. The molecule has 2 rings (SSSR count). The maximum absolute atomic E-state index is 10.9. The van der Waals surface area contributed by atoms with E-state index in [1.54, 1.807) is 11.9 Å². The van der Waals surface area contributed by atoms with Gasteiger partial charge in [-0.3, -0.25) is 10.1 Å². The molecule has 0 aliphatic heterocycles. The number of anilines is 1. The molecule has 90 valence electrons. The summed E-state index contributed by atoms with van der Waals surface area (Å²) in [4.78, 5) is 23.0. The molecule has 0 bridgehead atoms. The lowest BCUT2D eigenvalue weighted by Crippen LogP contribution is -2.21. The first-order chi connectivity index (χ1) is 8.00. The van der Waals surface area contributed by atoms with E-state index in [1.807, 2.05) is 0 Å². The van der Waals surface area contributed by atoms with E-state index >= 15 is 0 Å². The van der Waals surface area contributed by atoms with Crippen molar-refractivity contribution in [1.29, 1.82) is 0 Å². The van der Waals surface area contributed by atoms with Crippen LogP contribution < -0.4 is 4.90 Å². The van der Waals surface area contributed by atoms with E-state index < -0.39 is 10.9 Å². The monoisotopic (exact) mass is 236 g/mol. The molecule has 0 amide bonds. The number of carbonyl (C=O) groups is 1. The number of aromatic carboxylic acids is 1. The number of nitrogens with zero attached hydrogens (tertiary/aromatic N) is 2. The Kier molecular flexibility index (Phi) is 2.71. The van der Waals surface area contributed by atoms with Gasteiger partial charge in [0.25, 0.3) is 5.69 Å². The van der Waals surface area contributed by atoms with Crippen LogP contribution in [-0.2, 0) is 0 Å². The Bertz CT molecular complexity index is 482. The molecule has 17 heavy (non-hydrogen) atoms. The maximum Gasteiger partial charge on any atom is 0.335 e. The molecule has 1 saturated carbocycles. The Hall–Kier alpha value is -2.11. The van der Waals surface area contributed by atoms with Crippen LogP contribution >= 0.6 is 0 Å². The second-order valence-electron chi connectivity index (χ2n) is 4.11. The first kappa shape index (κ1) is 11.4. The topological polar surface area (TPSA) is 83.7 Å². The van der Waals surface area contributed by atoms with Gasteiger partial charge in [-0.15, -0.1) is 0 Å². The molecular formula is C11H12N2O4. The zero-order valence-electron chi connectivity index (χ0n) is 9.29. The Balaban J connectivity index is 2.46. The summed E-state index contributed by atoms with van der Waals surface area (Å²) in [6.45, 7) is 0. The number of carboxylic acids is 1. The fourth-order valence-corrected chi connectivity index (χ4v) is 1.75. The number of rotatable bonds is 4. The van der Waals surface area contributed by atoms with Crippen molar-refractivity contribution in [2.45, 2.75) is 18.9 Å². The van der Waals surface area contributed by atoms with E-state index in [0.717, 1.165) is 12.8 Å². The molecule has 1 aromatic rings. The van der Waals surface area contributed by atoms with Gasteiger partial charge in [0, 0.05) is 19.2 Å². The maximum atomic E-state index is 10.9. The van der Waals surface area contributed by atoms with E-state index in [2.05, 4.69) is 0 Å². The smallest absolute Gasteiger partial charge is 0.335 e. The molecule has 0 saturated heterocycles. The number of hydrogen-bond acceptors (Lipinski definition) is 4. The van der Waals surface area contributed by atoms with E-state index in [1.165, 1.54) is 18.2 Å². The molecule has 6 heteroatoms. The molecule has 0 atom stereocenters. The number of carboxylic acid groups (broad SMARTS) is 1. The second kappa shape index (κ2) is 4.04. The summed E-state index contributed by atoms with van der Waals surface area (Å²) in [6.07, 6.45) is 1.98. The van der Waals surface area contributed by atoms with Gasteiger partial charge in [-0.25, -0.2) is 4.79 Å². The Morgan fingerprint density at radius 2 is 2.18 bits per heavy atom. The van der Waals surface area contributed by atoms with Gasteiger partial charge in [-0.05, 0) is 25.0 Å². The predicted octanol–water partition coefficient (Wildman–Crippen LogP) is 1.89. The van der Waals surface area contributed by atoms with E-state index in [-0.39, 0.29) is 17.3 Å². The molecule has 1 aliphatic rings. The Morgan fingerprint density at radius 1 is 1.53 bits per heavy atom. The van der Waals surface area contributed by atoms with Crippen molar-refractivity contribution < 1.29 is 14.8 Å². The lowest BCUT2D eigenvalue weighted by atomic mass is 10.1. The van der Waals surface area contributed by atoms with Gasteiger partial charge in [0.05, 0.1) is 10.5 Å². The van der Waals surface area contributed by atoms with Crippen molar-refractivity contribution in [2.24, 2.45) is 0 Å². The average molecular weight is 236 g/mol. The van der Waals surface area contributed by atoms with Crippen molar-refractivity contribution in [2.75, 3.05) is 11.9 Å². The third-order valence-electron chi connectivity index (χ3n) is 2.89. The summed E-state index contributed by atoms with van der Waals surface area (Å²) >= 11 is 0. The van der Waals surface area contributed by atoms with Crippen LogP contribution in [0.5, 0.6) is 0 Å². The zero-order valence-corrected chi connectivity index (χ0v) is 9.29. The molecule has 0 spiro atoms. The number of benzene rings is 1. The molecule has 1 aromatic carbocycles. The summed E-state index contributed by atoms with van der Waals surface area (Å²) < 4.78 is 0. The standard InChI is InChI=1S/C11H12N2O4/c1-12(8-3-4-8)10-6-7(11(14)15)2-5-9(10)13(16)17/h2,5-6,8H,3-4H2,1H3,(H,14,15). The van der Waals surface area contributed by atoms with Gasteiger partial charge in [0.1, 0.15) is 5.69 Å². The fraction of sp³-hybridized carbons (Fsp3) is 0.364. The van der Waals surface area contributed by atoms with Crippen LogP contribution in [0.1, 0.15) is 23.2 Å². The van der Waals surface area contributed by atoms with Crippen LogP contribution in [0, 0.1) is 10.1 Å². The summed E-state index contributed by atoms with van der Waals surface area (Å²) in [6, 6.07) is 4.15. The highest BCUT2D eigenvalue weighted by atomic mass is 16.6. The van der Waals surface area contributed by atoms with E-state index in [0.29, 0.717) is 5.69 Å². The van der Waals surface area contributed by atoms with Crippen molar-refractivity contribution in [3.8, 4) is 0 Å². The third kappa shape index (κ3) is 2.20. The minimum Gasteiger partial charge on any atom is -0.478 e. The van der Waals surface area contributed by atoms with E-state index in [9.17, 15) is 14.9 Å². The third-order valence-corrected chi connectivity index (χ3v) is 2.89. The molecule has 0 heterocycles. The van der Waals surface area contributed by atoms with Crippen LogP contribution in [0.15, 0.2) is 18.2 Å². The van der Waals surface area contributed by atoms with Gasteiger partial charge in [0.15, 0.2) is 0 Å². The number of nitro groups is 1. The van der Waals surface area contributed by atoms with Crippen molar-refractivity contribution >= 4 is 17.3 Å². The highest BCUT2D eigenvalue weighted by molar-refractivity contribution is 5.90. The minimum absolute atomic E-state index is 0.0515. The molecule has 1 aliphatic carbocycles. The molecule has 1 N–H and O–H groups in total. The summed E-state index contributed by atoms with van der Waals surface area (Å²) in [5.74, 6) is -1.08. The average Bonchev–Trinajstić information content (AvgIpc) is 3.10. The number of hydrogen-bond donors (Lipinski definition) is 1. The normalized spacial score (nSPS) is 14.4. The largest absolute Gasteiger partial charge is 0.478 e. The summed E-state index contributed by atoms with van der Waals surface area (Å²) in [5, 5.41) is 19.8. The van der Waals surface area contributed by atoms with Gasteiger partial charge in [-0.2, -0.15) is 0 Å². The summed E-state index contributed by atoms with van der Waals surface area (Å²) in [7, 11) is 1.76. The van der Waals surface area contributed by atoms with Crippen molar-refractivity contribution in [3.05, 3.63) is 33.9 Å². The van der Waals surface area contributed by atoms with Gasteiger partial charge >= 0.3 is 5.97 Å². The fourth-order valence-electron chi connectivity index (χ4n) is 1.75. The SMILES string of the molecule is CN(c1cc(C(=O)O)ccc1[N+](=O)[O-])C1CC1. The lowest BCUT2D eigenvalue weighted by molar-refractivity contribution is -0.384. The van der Waals surface area contributed by atoms with Crippen LogP contribution in [0.4, 0.5) is 11.4 Å². The molecular weight excluding hydrogens is 224 g/mol. The van der Waals surface area contributed by atoms with Crippen LogP contribution in [0.3, 0.4) is 0 Å².